The van der Waals surface area contributed by atoms with Crippen LogP contribution in [0.4, 0.5) is 0 Å². The highest BCUT2D eigenvalue weighted by molar-refractivity contribution is 7.91. The fraction of sp³-hybridized carbons (Fsp3) is 0.600. The lowest BCUT2D eigenvalue weighted by molar-refractivity contribution is 0.455. The maximum absolute atomic E-state index is 11.6. The smallest absolute Gasteiger partial charge is 0.151 e. The van der Waals surface area contributed by atoms with Gasteiger partial charge in [0.1, 0.15) is 0 Å². The van der Waals surface area contributed by atoms with Crippen LogP contribution in [0.1, 0.15) is 37.7 Å². The topological polar surface area (TPSA) is 46.2 Å². The van der Waals surface area contributed by atoms with Crippen LogP contribution in [-0.4, -0.2) is 32.5 Å². The number of hydrogen-bond donors (Lipinski definition) is 1. The van der Waals surface area contributed by atoms with Crippen LogP contribution in [0.5, 0.6) is 0 Å². The van der Waals surface area contributed by atoms with Crippen molar-refractivity contribution in [2.75, 3.05) is 18.1 Å². The zero-order valence-electron chi connectivity index (χ0n) is 11.8. The summed E-state index contributed by atoms with van der Waals surface area (Å²) < 4.78 is 23.3. The van der Waals surface area contributed by atoms with Crippen molar-refractivity contribution in [3.63, 3.8) is 0 Å². The van der Waals surface area contributed by atoms with Crippen LogP contribution in [0.2, 0.25) is 5.02 Å². The van der Waals surface area contributed by atoms with Gasteiger partial charge in [-0.05, 0) is 42.9 Å². The van der Waals surface area contributed by atoms with E-state index in [1.165, 1.54) is 5.56 Å². The van der Waals surface area contributed by atoms with Crippen LogP contribution in [0.15, 0.2) is 24.3 Å². The number of sulfone groups is 1. The summed E-state index contributed by atoms with van der Waals surface area (Å²) in [5.41, 5.74) is 1.25. The zero-order chi connectivity index (χ0) is 14.6. The molecule has 0 aromatic heterocycles. The second-order valence-corrected chi connectivity index (χ2v) is 8.18. The van der Waals surface area contributed by atoms with Gasteiger partial charge in [-0.1, -0.05) is 30.7 Å². The molecule has 3 nitrogen and oxygen atoms in total. The summed E-state index contributed by atoms with van der Waals surface area (Å²) in [4.78, 5) is 0. The van der Waals surface area contributed by atoms with E-state index < -0.39 is 9.84 Å². The van der Waals surface area contributed by atoms with Gasteiger partial charge in [-0.3, -0.25) is 0 Å². The molecule has 1 N–H and O–H groups in total. The molecule has 1 fully saturated rings. The van der Waals surface area contributed by atoms with Gasteiger partial charge in [0.2, 0.25) is 0 Å². The lowest BCUT2D eigenvalue weighted by atomic mass is 9.96. The molecule has 1 aromatic carbocycles. The van der Waals surface area contributed by atoms with Gasteiger partial charge < -0.3 is 5.32 Å². The summed E-state index contributed by atoms with van der Waals surface area (Å²) in [7, 11) is -2.84. The minimum Gasteiger partial charge on any atom is -0.312 e. The molecular weight excluding hydrogens is 294 g/mol. The van der Waals surface area contributed by atoms with Crippen LogP contribution in [0, 0.1) is 0 Å². The van der Waals surface area contributed by atoms with Gasteiger partial charge in [-0.15, -0.1) is 0 Å². The number of nitrogens with one attached hydrogen (secondary N) is 1. The molecule has 2 rings (SSSR count). The molecule has 0 aliphatic carbocycles. The molecule has 0 amide bonds. The van der Waals surface area contributed by atoms with E-state index in [0.29, 0.717) is 11.7 Å². The highest BCUT2D eigenvalue weighted by atomic mass is 35.5. The molecule has 0 bridgehead atoms. The summed E-state index contributed by atoms with van der Waals surface area (Å²) in [6, 6.07) is 8.02. The van der Waals surface area contributed by atoms with Crippen molar-refractivity contribution in [1.82, 2.24) is 5.32 Å². The predicted molar refractivity (Wildman–Crippen MR) is 84.2 cm³/mol. The first-order valence-electron chi connectivity index (χ1n) is 7.19. The van der Waals surface area contributed by atoms with E-state index in [1.807, 2.05) is 12.1 Å². The lowest BCUT2D eigenvalue weighted by Gasteiger charge is -2.25. The van der Waals surface area contributed by atoms with Crippen LogP contribution in [0.3, 0.4) is 0 Å². The van der Waals surface area contributed by atoms with Gasteiger partial charge in [-0.2, -0.15) is 0 Å². The second-order valence-electron chi connectivity index (χ2n) is 5.52. The van der Waals surface area contributed by atoms with Crippen molar-refractivity contribution >= 4 is 21.4 Å². The van der Waals surface area contributed by atoms with E-state index >= 15 is 0 Å². The molecule has 0 unspecified atom stereocenters. The Morgan fingerprint density at radius 1 is 1.35 bits per heavy atom. The normalized spacial score (nSPS) is 23.4. The quantitative estimate of drug-likeness (QED) is 0.908. The summed E-state index contributed by atoms with van der Waals surface area (Å²) >= 11 is 5.91. The van der Waals surface area contributed by atoms with Crippen molar-refractivity contribution in [2.45, 2.75) is 38.1 Å². The minimum absolute atomic E-state index is 0.107. The second kappa shape index (κ2) is 6.92. The molecular formula is C15H22ClNO2S. The molecule has 0 spiro atoms. The van der Waals surface area contributed by atoms with Crippen LogP contribution < -0.4 is 5.32 Å². The van der Waals surface area contributed by atoms with Crippen molar-refractivity contribution in [2.24, 2.45) is 0 Å². The molecule has 2 atom stereocenters. The number of halogens is 1. The third-order valence-electron chi connectivity index (χ3n) is 3.95. The van der Waals surface area contributed by atoms with Crippen molar-refractivity contribution in [3.05, 3.63) is 34.9 Å². The maximum Gasteiger partial charge on any atom is 0.151 e. The Kier molecular flexibility index (Phi) is 5.47. The lowest BCUT2D eigenvalue weighted by Crippen LogP contribution is -2.41. The average molecular weight is 316 g/mol. The van der Waals surface area contributed by atoms with Crippen LogP contribution in [-0.2, 0) is 9.84 Å². The van der Waals surface area contributed by atoms with E-state index in [-0.39, 0.29) is 11.8 Å². The molecule has 0 radical (unpaired) electrons. The first-order valence-corrected chi connectivity index (χ1v) is 9.39. The Balaban J connectivity index is 1.92. The number of rotatable bonds is 5. The molecule has 1 saturated heterocycles. The van der Waals surface area contributed by atoms with Gasteiger partial charge in [-0.25, -0.2) is 8.42 Å². The largest absolute Gasteiger partial charge is 0.312 e. The van der Waals surface area contributed by atoms with Gasteiger partial charge in [0.15, 0.2) is 9.84 Å². The maximum atomic E-state index is 11.6. The summed E-state index contributed by atoms with van der Waals surface area (Å²) in [6.07, 6.45) is 2.75. The third-order valence-corrected chi connectivity index (χ3v) is 6.02. The molecule has 112 valence electrons. The van der Waals surface area contributed by atoms with Crippen molar-refractivity contribution in [3.8, 4) is 0 Å². The Hall–Kier alpha value is -0.580. The summed E-state index contributed by atoms with van der Waals surface area (Å²) in [5.74, 6) is 1.03. The zero-order valence-corrected chi connectivity index (χ0v) is 13.4. The first kappa shape index (κ1) is 15.8. The number of benzene rings is 1. The first-order chi connectivity index (χ1) is 9.50. The van der Waals surface area contributed by atoms with Gasteiger partial charge in [0.05, 0.1) is 11.5 Å². The molecule has 1 aliphatic rings. The molecule has 1 heterocycles. The monoisotopic (exact) mass is 315 g/mol. The van der Waals surface area contributed by atoms with Crippen LogP contribution >= 0.6 is 11.6 Å². The molecule has 0 saturated carbocycles. The molecule has 1 aromatic rings. The average Bonchev–Trinajstić information content (AvgIpc) is 2.40. The Morgan fingerprint density at radius 2 is 2.05 bits per heavy atom. The molecule has 20 heavy (non-hydrogen) atoms. The molecule has 1 aliphatic heterocycles. The number of hydrogen-bond acceptors (Lipinski definition) is 3. The Labute approximate surface area is 126 Å². The minimum atomic E-state index is -2.84. The van der Waals surface area contributed by atoms with Crippen molar-refractivity contribution < 1.29 is 8.42 Å². The van der Waals surface area contributed by atoms with Gasteiger partial charge in [0, 0.05) is 17.6 Å². The fourth-order valence-corrected chi connectivity index (χ4v) is 4.52. The summed E-state index contributed by atoms with van der Waals surface area (Å²) in [6.45, 7) is 2.97. The van der Waals surface area contributed by atoms with E-state index in [2.05, 4.69) is 24.4 Å². The van der Waals surface area contributed by atoms with Gasteiger partial charge >= 0.3 is 0 Å². The standard InChI is InChI=1S/C15H22ClNO2S/c1-2-12(13-5-7-14(16)8-6-13)10-17-15-4-3-9-20(18,19)11-15/h5-8,12,15,17H,2-4,9-11H2,1H3/t12-,15-/m1/s1. The van der Waals surface area contributed by atoms with Gasteiger partial charge in [0.25, 0.3) is 0 Å². The SMILES string of the molecule is CC[C@H](CN[C@@H]1CCCS(=O)(=O)C1)c1ccc(Cl)cc1. The van der Waals surface area contributed by atoms with E-state index in [4.69, 9.17) is 11.6 Å². The predicted octanol–water partition coefficient (Wildman–Crippen LogP) is 3.00. The summed E-state index contributed by atoms with van der Waals surface area (Å²) in [5, 5.41) is 4.17. The Bertz CT molecular complexity index is 527. The van der Waals surface area contributed by atoms with E-state index in [1.54, 1.807) is 0 Å². The van der Waals surface area contributed by atoms with E-state index in [0.717, 1.165) is 30.8 Å². The van der Waals surface area contributed by atoms with Crippen LogP contribution in [0.25, 0.3) is 0 Å². The molecule has 5 heteroatoms. The Morgan fingerprint density at radius 3 is 2.65 bits per heavy atom. The van der Waals surface area contributed by atoms with Crippen molar-refractivity contribution in [1.29, 1.82) is 0 Å². The highest BCUT2D eigenvalue weighted by Crippen LogP contribution is 2.21. The third kappa shape index (κ3) is 4.47. The van der Waals surface area contributed by atoms with E-state index in [9.17, 15) is 8.42 Å². The fourth-order valence-electron chi connectivity index (χ4n) is 2.73. The highest BCUT2D eigenvalue weighted by Gasteiger charge is 2.24.